The van der Waals surface area contributed by atoms with Crippen LogP contribution in [0.25, 0.3) is 0 Å². The van der Waals surface area contributed by atoms with Crippen LogP contribution in [0.3, 0.4) is 0 Å². The smallest absolute Gasteiger partial charge is 0.0369 e. The molecule has 0 unspecified atom stereocenters. The van der Waals surface area contributed by atoms with E-state index in [0.29, 0.717) is 6.54 Å². The van der Waals surface area contributed by atoms with Gasteiger partial charge in [0.15, 0.2) is 0 Å². The van der Waals surface area contributed by atoms with Crippen LogP contribution in [-0.4, -0.2) is 13.1 Å². The zero-order chi connectivity index (χ0) is 12.0. The monoisotopic (exact) mass is 220 g/mol. The van der Waals surface area contributed by atoms with Crippen molar-refractivity contribution < 1.29 is 0 Å². The first-order valence-corrected chi connectivity index (χ1v) is 6.27. The zero-order valence-electron chi connectivity index (χ0n) is 10.8. The Balaban J connectivity index is 2.87. The lowest BCUT2D eigenvalue weighted by Gasteiger charge is -2.24. The van der Waals surface area contributed by atoms with Crippen molar-refractivity contribution in [2.24, 2.45) is 5.73 Å². The molecule has 0 aliphatic carbocycles. The predicted molar refractivity (Wildman–Crippen MR) is 71.9 cm³/mol. The first-order chi connectivity index (χ1) is 7.72. The zero-order valence-corrected chi connectivity index (χ0v) is 10.8. The van der Waals surface area contributed by atoms with Crippen LogP contribution in [0.5, 0.6) is 0 Å². The van der Waals surface area contributed by atoms with Crippen LogP contribution in [0, 0.1) is 6.92 Å². The highest BCUT2D eigenvalue weighted by atomic mass is 15.1. The van der Waals surface area contributed by atoms with Crippen molar-refractivity contribution in [1.29, 1.82) is 0 Å². The van der Waals surface area contributed by atoms with Crippen molar-refractivity contribution in [3.63, 3.8) is 0 Å². The van der Waals surface area contributed by atoms with Crippen LogP contribution in [0.15, 0.2) is 18.2 Å². The maximum Gasteiger partial charge on any atom is 0.0369 e. The molecule has 0 saturated carbocycles. The van der Waals surface area contributed by atoms with Gasteiger partial charge in [0, 0.05) is 25.3 Å². The van der Waals surface area contributed by atoms with Crippen LogP contribution in [-0.2, 0) is 6.54 Å². The van der Waals surface area contributed by atoms with Gasteiger partial charge in [0.1, 0.15) is 0 Å². The Kier molecular flexibility index (Phi) is 5.33. The highest BCUT2D eigenvalue weighted by molar-refractivity contribution is 5.50. The predicted octanol–water partition coefficient (Wildman–Crippen LogP) is 3.08. The van der Waals surface area contributed by atoms with Gasteiger partial charge in [-0.25, -0.2) is 0 Å². The molecule has 2 N–H and O–H groups in total. The minimum absolute atomic E-state index is 0.633. The number of hydrogen-bond donors (Lipinski definition) is 1. The largest absolute Gasteiger partial charge is 0.372 e. The molecule has 0 heterocycles. The molecule has 0 amide bonds. The Morgan fingerprint density at radius 2 is 1.75 bits per heavy atom. The number of rotatable bonds is 6. The van der Waals surface area contributed by atoms with Gasteiger partial charge >= 0.3 is 0 Å². The molecule has 1 aromatic rings. The van der Waals surface area contributed by atoms with E-state index in [4.69, 9.17) is 5.73 Å². The lowest BCUT2D eigenvalue weighted by molar-refractivity contribution is 0.744. The molecule has 2 heteroatoms. The summed E-state index contributed by atoms with van der Waals surface area (Å²) >= 11 is 0. The van der Waals surface area contributed by atoms with Crippen molar-refractivity contribution in [3.8, 4) is 0 Å². The molecule has 0 aliphatic heterocycles. The molecule has 2 nitrogen and oxygen atoms in total. The molecule has 0 aliphatic rings. The summed E-state index contributed by atoms with van der Waals surface area (Å²) in [6.07, 6.45) is 2.38. The third-order valence-corrected chi connectivity index (χ3v) is 2.90. The van der Waals surface area contributed by atoms with Gasteiger partial charge in [0.25, 0.3) is 0 Å². The summed E-state index contributed by atoms with van der Waals surface area (Å²) in [5, 5.41) is 0. The molecule has 0 fully saturated rings. The van der Waals surface area contributed by atoms with Gasteiger partial charge in [0.05, 0.1) is 0 Å². The Labute approximate surface area is 99.5 Å². The number of benzene rings is 1. The first-order valence-electron chi connectivity index (χ1n) is 6.27. The summed E-state index contributed by atoms with van der Waals surface area (Å²) in [4.78, 5) is 2.45. The van der Waals surface area contributed by atoms with Crippen molar-refractivity contribution in [2.75, 3.05) is 18.0 Å². The molecule has 1 aromatic carbocycles. The molecule has 0 spiro atoms. The molecule has 0 aromatic heterocycles. The maximum atomic E-state index is 5.68. The summed E-state index contributed by atoms with van der Waals surface area (Å²) in [7, 11) is 0. The van der Waals surface area contributed by atoms with E-state index in [-0.39, 0.29) is 0 Å². The Morgan fingerprint density at radius 3 is 2.19 bits per heavy atom. The fourth-order valence-electron chi connectivity index (χ4n) is 2.02. The maximum absolute atomic E-state index is 5.68. The fourth-order valence-corrected chi connectivity index (χ4v) is 2.02. The summed E-state index contributed by atoms with van der Waals surface area (Å²) in [5.41, 5.74) is 9.56. The molecule has 16 heavy (non-hydrogen) atoms. The van der Waals surface area contributed by atoms with E-state index in [0.717, 1.165) is 13.1 Å². The highest BCUT2D eigenvalue weighted by Crippen LogP contribution is 2.19. The quantitative estimate of drug-likeness (QED) is 0.798. The van der Waals surface area contributed by atoms with Gasteiger partial charge in [-0.1, -0.05) is 19.9 Å². The second-order valence-corrected chi connectivity index (χ2v) is 4.30. The lowest BCUT2D eigenvalue weighted by atomic mass is 10.1. The number of aryl methyl sites for hydroxylation is 1. The minimum Gasteiger partial charge on any atom is -0.372 e. The van der Waals surface area contributed by atoms with Crippen LogP contribution >= 0.6 is 0 Å². The molecule has 90 valence electrons. The molecule has 1 rings (SSSR count). The standard InChI is InChI=1S/C14H24N2/c1-4-8-16(9-5-2)14-7-6-13(11-15)12(3)10-14/h6-7,10H,4-5,8-9,11,15H2,1-3H3. The number of anilines is 1. The van der Waals surface area contributed by atoms with Crippen LogP contribution < -0.4 is 10.6 Å². The van der Waals surface area contributed by atoms with E-state index in [2.05, 4.69) is 43.9 Å². The molecular weight excluding hydrogens is 196 g/mol. The molecule has 0 radical (unpaired) electrons. The van der Waals surface area contributed by atoms with Gasteiger partial charge in [-0.3, -0.25) is 0 Å². The van der Waals surface area contributed by atoms with Crippen LogP contribution in [0.4, 0.5) is 5.69 Å². The Morgan fingerprint density at radius 1 is 1.12 bits per heavy atom. The second kappa shape index (κ2) is 6.54. The number of nitrogens with zero attached hydrogens (tertiary/aromatic N) is 1. The normalized spacial score (nSPS) is 10.5. The van der Waals surface area contributed by atoms with Crippen molar-refractivity contribution >= 4 is 5.69 Å². The average Bonchev–Trinajstić information content (AvgIpc) is 2.28. The first kappa shape index (κ1) is 13.0. The van der Waals surface area contributed by atoms with E-state index in [9.17, 15) is 0 Å². The van der Waals surface area contributed by atoms with Gasteiger partial charge in [-0.05, 0) is 43.0 Å². The lowest BCUT2D eigenvalue weighted by Crippen LogP contribution is -2.24. The molecule has 0 atom stereocenters. The highest BCUT2D eigenvalue weighted by Gasteiger charge is 2.05. The second-order valence-electron chi connectivity index (χ2n) is 4.30. The summed E-state index contributed by atoms with van der Waals surface area (Å²) in [6.45, 7) is 9.49. The van der Waals surface area contributed by atoms with E-state index < -0.39 is 0 Å². The van der Waals surface area contributed by atoms with Crippen molar-refractivity contribution in [3.05, 3.63) is 29.3 Å². The fraction of sp³-hybridized carbons (Fsp3) is 0.571. The summed E-state index contributed by atoms with van der Waals surface area (Å²) in [5.74, 6) is 0. The van der Waals surface area contributed by atoms with Crippen molar-refractivity contribution in [2.45, 2.75) is 40.2 Å². The van der Waals surface area contributed by atoms with Gasteiger partial charge in [-0.2, -0.15) is 0 Å². The third kappa shape index (κ3) is 3.24. The van der Waals surface area contributed by atoms with Crippen molar-refractivity contribution in [1.82, 2.24) is 0 Å². The van der Waals surface area contributed by atoms with E-state index in [1.807, 2.05) is 0 Å². The van der Waals surface area contributed by atoms with E-state index in [1.165, 1.54) is 29.7 Å². The molecular formula is C14H24N2. The Bertz CT molecular complexity index is 315. The SMILES string of the molecule is CCCN(CCC)c1ccc(CN)c(C)c1. The van der Waals surface area contributed by atoms with Gasteiger partial charge in [0.2, 0.25) is 0 Å². The average molecular weight is 220 g/mol. The van der Waals surface area contributed by atoms with E-state index >= 15 is 0 Å². The number of hydrogen-bond acceptors (Lipinski definition) is 2. The summed E-state index contributed by atoms with van der Waals surface area (Å²) < 4.78 is 0. The van der Waals surface area contributed by atoms with E-state index in [1.54, 1.807) is 0 Å². The van der Waals surface area contributed by atoms with Crippen LogP contribution in [0.2, 0.25) is 0 Å². The topological polar surface area (TPSA) is 29.3 Å². The molecule has 0 saturated heterocycles. The van der Waals surface area contributed by atoms with Gasteiger partial charge in [-0.15, -0.1) is 0 Å². The summed E-state index contributed by atoms with van der Waals surface area (Å²) in [6, 6.07) is 6.61. The number of nitrogens with two attached hydrogens (primary N) is 1. The Hall–Kier alpha value is -1.02. The van der Waals surface area contributed by atoms with Crippen LogP contribution in [0.1, 0.15) is 37.8 Å². The molecule has 0 bridgehead atoms. The third-order valence-electron chi connectivity index (χ3n) is 2.90. The minimum atomic E-state index is 0.633. The van der Waals surface area contributed by atoms with Gasteiger partial charge < -0.3 is 10.6 Å².